The number of pyridine rings is 1. The van der Waals surface area contributed by atoms with E-state index in [9.17, 15) is 29.7 Å². The van der Waals surface area contributed by atoms with Gasteiger partial charge in [-0.1, -0.05) is 39.0 Å². The zero-order valence-corrected chi connectivity index (χ0v) is 42.5. The molecule has 17 heteroatoms. The molecule has 3 aliphatic heterocycles. The molecule has 0 spiro atoms. The molecule has 17 nitrogen and oxygen atoms in total. The van der Waals surface area contributed by atoms with Gasteiger partial charge in [-0.15, -0.1) is 0 Å². The lowest BCUT2D eigenvalue weighted by Gasteiger charge is -2.50. The van der Waals surface area contributed by atoms with Crippen LogP contribution in [0.4, 0.5) is 0 Å². The SMILES string of the molecule is CCO[C@@]1(C)C[C@@H](C)NC(=O)[C@@H](C)[C@@H](O)[C@](C)(O)[C@H](CC)OC(=O)[C@H](C)[C@H](O[C@H]2C[C@@](C)(OC)[C@@H](OC(=O)/C=C/c3cnc4ccccc4c3)[C@H](C)O2)[C@H](C)[C@H]1O[C@@H]1O[C@H](C)C[C@H](N(C)C)[C@H]1O. The van der Waals surface area contributed by atoms with Crippen LogP contribution in [0.5, 0.6) is 0 Å². The van der Waals surface area contributed by atoms with Gasteiger partial charge < -0.3 is 63.4 Å². The van der Waals surface area contributed by atoms with E-state index < -0.39 is 114 Å². The molecular weight excluding hydrogens is 879 g/mol. The molecule has 382 valence electrons. The Morgan fingerprint density at radius 3 is 2.29 bits per heavy atom. The van der Waals surface area contributed by atoms with Crippen molar-refractivity contribution < 1.29 is 67.6 Å². The summed E-state index contributed by atoms with van der Waals surface area (Å²) in [6.07, 6.45) is -4.68. The van der Waals surface area contributed by atoms with Gasteiger partial charge in [0.1, 0.15) is 23.4 Å². The predicted molar refractivity (Wildman–Crippen MR) is 254 cm³/mol. The largest absolute Gasteiger partial charge is 0.459 e. The summed E-state index contributed by atoms with van der Waals surface area (Å²) in [4.78, 5) is 48.2. The Hall–Kier alpha value is -3.62. The second-order valence-corrected chi connectivity index (χ2v) is 20.2. The minimum atomic E-state index is -2.04. The van der Waals surface area contributed by atoms with Gasteiger partial charge in [0.2, 0.25) is 5.91 Å². The number of carbonyl (C=O) groups is 3. The summed E-state index contributed by atoms with van der Waals surface area (Å²) in [5, 5.41) is 39.1. The maximum atomic E-state index is 14.6. The maximum absolute atomic E-state index is 14.6. The molecule has 3 saturated heterocycles. The molecule has 0 aliphatic carbocycles. The molecule has 5 rings (SSSR count). The van der Waals surface area contributed by atoms with Gasteiger partial charge in [-0.05, 0) is 113 Å². The normalized spacial score (nSPS) is 40.4. The molecule has 18 atom stereocenters. The average Bonchev–Trinajstić information content (AvgIpc) is 3.28. The molecule has 2 aromatic rings. The monoisotopic (exact) mass is 958 g/mol. The Labute approximate surface area is 402 Å². The van der Waals surface area contributed by atoms with Crippen LogP contribution in [0.25, 0.3) is 17.0 Å². The number of amides is 1. The Balaban J connectivity index is 1.53. The number of para-hydroxylation sites is 1. The number of aliphatic hydroxyl groups excluding tert-OH is 2. The van der Waals surface area contributed by atoms with Crippen LogP contribution in [0.1, 0.15) is 107 Å². The minimum Gasteiger partial charge on any atom is -0.459 e. The highest BCUT2D eigenvalue weighted by Gasteiger charge is 2.54. The van der Waals surface area contributed by atoms with Crippen LogP contribution in [-0.4, -0.2) is 161 Å². The summed E-state index contributed by atoms with van der Waals surface area (Å²) in [7, 11) is 5.27. The number of nitrogens with one attached hydrogen (secondary N) is 1. The van der Waals surface area contributed by atoms with E-state index in [-0.39, 0.29) is 38.0 Å². The van der Waals surface area contributed by atoms with Gasteiger partial charge in [-0.3, -0.25) is 14.6 Å². The molecule has 3 aliphatic rings. The topological polar surface area (TPSA) is 214 Å². The van der Waals surface area contributed by atoms with Gasteiger partial charge in [0.25, 0.3) is 0 Å². The number of hydrogen-bond donors (Lipinski definition) is 4. The number of esters is 2. The fourth-order valence-electron chi connectivity index (χ4n) is 10.4. The van der Waals surface area contributed by atoms with E-state index in [1.165, 1.54) is 27.0 Å². The quantitative estimate of drug-likeness (QED) is 0.164. The molecule has 0 bridgehead atoms. The molecule has 3 fully saturated rings. The number of likely N-dealkylation sites (N-methyl/N-ethyl adjacent to an activating group) is 1. The van der Waals surface area contributed by atoms with Crippen LogP contribution in [0.15, 0.2) is 42.6 Å². The van der Waals surface area contributed by atoms with Crippen LogP contribution in [0.3, 0.4) is 0 Å². The fourth-order valence-corrected chi connectivity index (χ4v) is 10.4. The number of ether oxygens (including phenoxy) is 8. The predicted octanol–water partition coefficient (Wildman–Crippen LogP) is 4.94. The molecule has 0 radical (unpaired) electrons. The lowest BCUT2D eigenvalue weighted by Crippen LogP contribution is -2.61. The van der Waals surface area contributed by atoms with Crippen molar-refractivity contribution >= 4 is 34.8 Å². The second-order valence-electron chi connectivity index (χ2n) is 20.2. The molecule has 68 heavy (non-hydrogen) atoms. The summed E-state index contributed by atoms with van der Waals surface area (Å²) in [5.41, 5.74) is -2.89. The molecule has 4 heterocycles. The third kappa shape index (κ3) is 12.6. The summed E-state index contributed by atoms with van der Waals surface area (Å²) < 4.78 is 51.7. The zero-order chi connectivity index (χ0) is 50.5. The first kappa shape index (κ1) is 55.3. The molecular formula is C51H79N3O14. The van der Waals surface area contributed by atoms with Crippen LogP contribution >= 0.6 is 0 Å². The number of aliphatic hydroxyl groups is 3. The lowest BCUT2D eigenvalue weighted by atomic mass is 9.78. The first-order chi connectivity index (χ1) is 31.9. The maximum Gasteiger partial charge on any atom is 0.331 e. The van der Waals surface area contributed by atoms with Gasteiger partial charge in [-0.25, -0.2) is 4.79 Å². The van der Waals surface area contributed by atoms with Crippen molar-refractivity contribution in [2.24, 2.45) is 17.8 Å². The van der Waals surface area contributed by atoms with E-state index in [0.717, 1.165) is 16.5 Å². The highest BCUT2D eigenvalue weighted by molar-refractivity contribution is 5.88. The number of cyclic esters (lactones) is 1. The van der Waals surface area contributed by atoms with Crippen LogP contribution in [0, 0.1) is 17.8 Å². The number of benzene rings is 1. The zero-order valence-electron chi connectivity index (χ0n) is 42.5. The van der Waals surface area contributed by atoms with Gasteiger partial charge in [0.15, 0.2) is 18.7 Å². The van der Waals surface area contributed by atoms with E-state index in [1.54, 1.807) is 40.0 Å². The van der Waals surface area contributed by atoms with Crippen molar-refractivity contribution in [3.05, 3.63) is 48.2 Å². The highest BCUT2D eigenvalue weighted by Crippen LogP contribution is 2.41. The first-order valence-electron chi connectivity index (χ1n) is 24.2. The fraction of sp³-hybridized carbons (Fsp3) is 0.725. The standard InChI is InChI=1S/C51H79N3O14/c1-15-38-51(11,60)43(57)32(7)46(58)53-28(3)25-50(10,62-16-2)44(68-48-41(56)37(54(12)13)23-29(4)63-48)30(5)42(31(6)47(59)65-38)67-40-26-49(9,61-14)45(33(8)64-40)66-39(55)22-21-34-24-35-19-17-18-20-36(35)52-27-34/h17-22,24,27-33,37-38,40-45,48,56-57,60H,15-16,23,25-26H2,1-14H3,(H,53,58)/b22-21+/t28-,29-,30+,31-,32+,33+,37+,38+,40+,41-,42-,43-,44-,45+,48+,49-,50+,51-/m1/s1. The summed E-state index contributed by atoms with van der Waals surface area (Å²) in [6.45, 7) is 19.2. The Morgan fingerprint density at radius 2 is 1.65 bits per heavy atom. The Kier molecular flexibility index (Phi) is 18.8. The average molecular weight is 958 g/mol. The molecule has 1 amide bonds. The van der Waals surface area contributed by atoms with Gasteiger partial charge in [0.05, 0.1) is 53.5 Å². The van der Waals surface area contributed by atoms with Crippen molar-refractivity contribution in [1.82, 2.24) is 15.2 Å². The third-order valence-corrected chi connectivity index (χ3v) is 14.4. The first-order valence-corrected chi connectivity index (χ1v) is 24.2. The van der Waals surface area contributed by atoms with Crippen molar-refractivity contribution in [1.29, 1.82) is 0 Å². The molecule has 0 saturated carbocycles. The van der Waals surface area contributed by atoms with E-state index in [1.807, 2.05) is 83.9 Å². The smallest absolute Gasteiger partial charge is 0.331 e. The van der Waals surface area contributed by atoms with Gasteiger partial charge in [-0.2, -0.15) is 0 Å². The van der Waals surface area contributed by atoms with Gasteiger partial charge in [0, 0.05) is 55.8 Å². The summed E-state index contributed by atoms with van der Waals surface area (Å²) in [5.74, 6) is -4.89. The second kappa shape index (κ2) is 23.1. The van der Waals surface area contributed by atoms with E-state index in [4.69, 9.17) is 37.9 Å². The van der Waals surface area contributed by atoms with E-state index in [2.05, 4.69) is 10.3 Å². The Morgan fingerprint density at radius 1 is 0.956 bits per heavy atom. The lowest BCUT2D eigenvalue weighted by molar-refractivity contribution is -0.320. The number of rotatable bonds is 12. The number of nitrogens with zero attached hydrogens (tertiary/aromatic N) is 2. The number of hydrogen-bond acceptors (Lipinski definition) is 16. The molecule has 4 N–H and O–H groups in total. The van der Waals surface area contributed by atoms with Crippen LogP contribution in [0.2, 0.25) is 0 Å². The van der Waals surface area contributed by atoms with Crippen molar-refractivity contribution in [3.8, 4) is 0 Å². The van der Waals surface area contributed by atoms with Crippen molar-refractivity contribution in [2.75, 3.05) is 27.8 Å². The van der Waals surface area contributed by atoms with E-state index >= 15 is 0 Å². The summed E-state index contributed by atoms with van der Waals surface area (Å²) >= 11 is 0. The number of fused-ring (bicyclic) bond motifs is 1. The number of carbonyl (C=O) groups excluding carboxylic acids is 3. The summed E-state index contributed by atoms with van der Waals surface area (Å²) in [6, 6.07) is 8.71. The van der Waals surface area contributed by atoms with Crippen LogP contribution in [-0.2, 0) is 52.3 Å². The van der Waals surface area contributed by atoms with Crippen LogP contribution < -0.4 is 5.32 Å². The number of methoxy groups -OCH3 is 1. The van der Waals surface area contributed by atoms with Gasteiger partial charge >= 0.3 is 11.9 Å². The molecule has 1 aromatic heterocycles. The minimum absolute atomic E-state index is 0.0509. The molecule has 0 unspecified atom stereocenters. The molecule has 1 aromatic carbocycles. The van der Waals surface area contributed by atoms with Crippen molar-refractivity contribution in [2.45, 2.75) is 192 Å². The van der Waals surface area contributed by atoms with E-state index in [0.29, 0.717) is 6.42 Å². The third-order valence-electron chi connectivity index (χ3n) is 14.4. The highest BCUT2D eigenvalue weighted by atomic mass is 16.7. The Bertz CT molecular complexity index is 2040. The number of aromatic nitrogens is 1. The van der Waals surface area contributed by atoms with Crippen molar-refractivity contribution in [3.63, 3.8) is 0 Å².